The van der Waals surface area contributed by atoms with E-state index in [9.17, 15) is 9.59 Å². The van der Waals surface area contributed by atoms with Crippen molar-refractivity contribution in [3.05, 3.63) is 63.2 Å². The highest BCUT2D eigenvalue weighted by atomic mass is 35.5. The molecule has 0 aromatic heterocycles. The Labute approximate surface area is 201 Å². The zero-order valence-corrected chi connectivity index (χ0v) is 19.9. The van der Waals surface area contributed by atoms with Gasteiger partial charge in [-0.25, -0.2) is 9.59 Å². The number of hydrogen-bond donors (Lipinski definition) is 3. The molecule has 3 N–H and O–H groups in total. The average molecular weight is 498 g/mol. The highest BCUT2D eigenvalue weighted by Gasteiger charge is 2.23. The summed E-state index contributed by atoms with van der Waals surface area (Å²) in [4.78, 5) is 19.1. The van der Waals surface area contributed by atoms with E-state index >= 15 is 0 Å². The van der Waals surface area contributed by atoms with E-state index in [2.05, 4.69) is 5.32 Å². The SMILES string of the molecule is COc1cc(CC2NCCc3cc(Cl)c(Cl)cc32)cc(OC)c1OC.O=C(O)C=CC(=O)O. The first-order valence-electron chi connectivity index (χ1n) is 9.84. The van der Waals surface area contributed by atoms with Gasteiger partial charge in [0, 0.05) is 18.2 Å². The van der Waals surface area contributed by atoms with Crippen LogP contribution in [0, 0.1) is 0 Å². The zero-order chi connectivity index (χ0) is 24.5. The molecule has 8 nitrogen and oxygen atoms in total. The van der Waals surface area contributed by atoms with E-state index in [1.807, 2.05) is 24.3 Å². The number of carboxylic acids is 2. The highest BCUT2D eigenvalue weighted by Crippen LogP contribution is 2.40. The van der Waals surface area contributed by atoms with Crippen molar-refractivity contribution in [1.29, 1.82) is 0 Å². The molecule has 1 aliphatic heterocycles. The van der Waals surface area contributed by atoms with Gasteiger partial charge in [0.25, 0.3) is 0 Å². The Balaban J connectivity index is 0.000000414. The van der Waals surface area contributed by atoms with Gasteiger partial charge in [0.2, 0.25) is 5.75 Å². The first-order valence-corrected chi connectivity index (χ1v) is 10.6. The molecule has 1 atom stereocenters. The molecule has 178 valence electrons. The van der Waals surface area contributed by atoms with Gasteiger partial charge < -0.3 is 29.7 Å². The highest BCUT2D eigenvalue weighted by molar-refractivity contribution is 6.42. The van der Waals surface area contributed by atoms with E-state index in [0.717, 1.165) is 24.9 Å². The quantitative estimate of drug-likeness (QED) is 0.488. The number of hydrogen-bond acceptors (Lipinski definition) is 6. The van der Waals surface area contributed by atoms with Crippen molar-refractivity contribution in [2.24, 2.45) is 0 Å². The number of aliphatic carboxylic acids is 2. The minimum absolute atomic E-state index is 0.154. The third-order valence-corrected chi connectivity index (χ3v) is 5.60. The van der Waals surface area contributed by atoms with Gasteiger partial charge in [-0.2, -0.15) is 0 Å². The molecule has 10 heteroatoms. The lowest BCUT2D eigenvalue weighted by atomic mass is 9.90. The van der Waals surface area contributed by atoms with Crippen LogP contribution in [0.4, 0.5) is 0 Å². The van der Waals surface area contributed by atoms with Crippen molar-refractivity contribution in [3.8, 4) is 17.2 Å². The molecule has 0 amide bonds. The van der Waals surface area contributed by atoms with Crippen LogP contribution in [-0.2, 0) is 22.4 Å². The Kier molecular flexibility index (Phi) is 9.84. The molecule has 0 aliphatic carbocycles. The van der Waals surface area contributed by atoms with E-state index in [1.165, 1.54) is 11.1 Å². The summed E-state index contributed by atoms with van der Waals surface area (Å²) in [6.07, 6.45) is 2.84. The monoisotopic (exact) mass is 497 g/mol. The van der Waals surface area contributed by atoms with Gasteiger partial charge in [0.1, 0.15) is 0 Å². The summed E-state index contributed by atoms with van der Waals surface area (Å²) in [5.74, 6) is -0.607. The summed E-state index contributed by atoms with van der Waals surface area (Å²) in [5, 5.41) is 20.4. The Morgan fingerprint density at radius 3 is 2.00 bits per heavy atom. The average Bonchev–Trinajstić information content (AvgIpc) is 2.78. The minimum atomic E-state index is -1.26. The van der Waals surface area contributed by atoms with Crippen LogP contribution in [0.5, 0.6) is 17.2 Å². The van der Waals surface area contributed by atoms with Crippen molar-refractivity contribution in [3.63, 3.8) is 0 Å². The molecule has 0 spiro atoms. The smallest absolute Gasteiger partial charge is 0.328 e. The summed E-state index contributed by atoms with van der Waals surface area (Å²) in [5.41, 5.74) is 3.52. The zero-order valence-electron chi connectivity index (χ0n) is 18.4. The first kappa shape index (κ1) is 26.3. The molecule has 0 saturated carbocycles. The number of methoxy groups -OCH3 is 3. The van der Waals surface area contributed by atoms with Crippen molar-refractivity contribution >= 4 is 35.1 Å². The molecule has 0 radical (unpaired) electrons. The maximum absolute atomic E-state index is 9.55. The predicted octanol–water partition coefficient (Wildman–Crippen LogP) is 4.16. The fraction of sp³-hybridized carbons (Fsp3) is 0.304. The van der Waals surface area contributed by atoms with Crippen molar-refractivity contribution < 1.29 is 34.0 Å². The lowest BCUT2D eigenvalue weighted by Gasteiger charge is -2.28. The van der Waals surface area contributed by atoms with Crippen LogP contribution in [0.3, 0.4) is 0 Å². The molecule has 0 saturated heterocycles. The Morgan fingerprint density at radius 2 is 1.52 bits per heavy atom. The van der Waals surface area contributed by atoms with Gasteiger partial charge in [0.05, 0.1) is 31.4 Å². The van der Waals surface area contributed by atoms with E-state index in [-0.39, 0.29) is 6.04 Å². The van der Waals surface area contributed by atoms with Crippen molar-refractivity contribution in [1.82, 2.24) is 5.32 Å². The number of benzene rings is 2. The van der Waals surface area contributed by atoms with Crippen molar-refractivity contribution in [2.45, 2.75) is 18.9 Å². The number of halogens is 2. The molecular weight excluding hydrogens is 473 g/mol. The topological polar surface area (TPSA) is 114 Å². The van der Waals surface area contributed by atoms with Crippen molar-refractivity contribution in [2.75, 3.05) is 27.9 Å². The lowest BCUT2D eigenvalue weighted by molar-refractivity contribution is -0.134. The summed E-state index contributed by atoms with van der Waals surface area (Å²) in [7, 11) is 4.85. The Hall–Kier alpha value is -2.94. The maximum Gasteiger partial charge on any atom is 0.328 e. The number of fused-ring (bicyclic) bond motifs is 1. The van der Waals surface area contributed by atoms with Gasteiger partial charge in [-0.15, -0.1) is 0 Å². The van der Waals surface area contributed by atoms with Gasteiger partial charge >= 0.3 is 11.9 Å². The van der Waals surface area contributed by atoms with E-state index in [1.54, 1.807) is 21.3 Å². The molecule has 33 heavy (non-hydrogen) atoms. The molecule has 2 aromatic carbocycles. The fourth-order valence-electron chi connectivity index (χ4n) is 3.45. The Morgan fingerprint density at radius 1 is 0.970 bits per heavy atom. The number of nitrogens with one attached hydrogen (secondary N) is 1. The number of carbonyl (C=O) groups is 2. The number of rotatable bonds is 7. The van der Waals surface area contributed by atoms with Gasteiger partial charge in [-0.3, -0.25) is 0 Å². The summed E-state index contributed by atoms with van der Waals surface area (Å²) in [6, 6.07) is 8.06. The van der Waals surface area contributed by atoms with Crippen LogP contribution in [0.1, 0.15) is 22.7 Å². The molecule has 1 unspecified atom stereocenters. The second-order valence-corrected chi connectivity index (χ2v) is 7.78. The summed E-state index contributed by atoms with van der Waals surface area (Å²) in [6.45, 7) is 0.903. The van der Waals surface area contributed by atoms with E-state index in [4.69, 9.17) is 47.6 Å². The van der Waals surface area contributed by atoms with Crippen LogP contribution in [0.15, 0.2) is 36.4 Å². The molecule has 2 aromatic rings. The van der Waals surface area contributed by atoms with E-state index in [0.29, 0.717) is 39.4 Å². The van der Waals surface area contributed by atoms with E-state index < -0.39 is 11.9 Å². The van der Waals surface area contributed by atoms with Crippen LogP contribution in [-0.4, -0.2) is 50.0 Å². The van der Waals surface area contributed by atoms with Crippen LogP contribution < -0.4 is 19.5 Å². The van der Waals surface area contributed by atoms with Gasteiger partial charge in [-0.1, -0.05) is 23.2 Å². The third kappa shape index (κ3) is 7.28. The molecule has 0 bridgehead atoms. The summed E-state index contributed by atoms with van der Waals surface area (Å²) >= 11 is 12.4. The molecule has 3 rings (SSSR count). The number of carboxylic acid groups (broad SMARTS) is 2. The normalized spacial score (nSPS) is 14.6. The molecule has 1 heterocycles. The summed E-state index contributed by atoms with van der Waals surface area (Å²) < 4.78 is 16.3. The largest absolute Gasteiger partial charge is 0.493 e. The van der Waals surface area contributed by atoms with Crippen LogP contribution >= 0.6 is 23.2 Å². The van der Waals surface area contributed by atoms with Gasteiger partial charge in [-0.05, 0) is 60.3 Å². The van der Waals surface area contributed by atoms with Crippen LogP contribution in [0.25, 0.3) is 0 Å². The molecular formula is C23H25Cl2NO7. The lowest BCUT2D eigenvalue weighted by Crippen LogP contribution is -2.31. The third-order valence-electron chi connectivity index (χ3n) is 4.88. The number of ether oxygens (including phenoxy) is 3. The first-order chi connectivity index (χ1) is 15.7. The minimum Gasteiger partial charge on any atom is -0.493 e. The maximum atomic E-state index is 9.55. The fourth-order valence-corrected chi connectivity index (χ4v) is 3.81. The molecule has 0 fully saturated rings. The van der Waals surface area contributed by atoms with Gasteiger partial charge in [0.15, 0.2) is 11.5 Å². The molecule has 1 aliphatic rings. The second-order valence-electron chi connectivity index (χ2n) is 6.97. The standard InChI is InChI=1S/C19H21Cl2NO3.C4H4O4/c1-23-17-7-11(8-18(24-2)19(17)25-3)6-16-13-10-15(21)14(20)9-12(13)4-5-22-16;5-3(6)1-2-4(7)8/h7-10,16,22H,4-6H2,1-3H3;1-2H,(H,5,6)(H,7,8). The van der Waals surface area contributed by atoms with Crippen LogP contribution in [0.2, 0.25) is 10.0 Å². The Bertz CT molecular complexity index is 999. The predicted molar refractivity (Wildman–Crippen MR) is 125 cm³/mol. The second kappa shape index (κ2) is 12.3.